The van der Waals surface area contributed by atoms with Gasteiger partial charge in [-0.2, -0.15) is 5.10 Å². The zero-order valence-corrected chi connectivity index (χ0v) is 6.70. The van der Waals surface area contributed by atoms with Crippen molar-refractivity contribution in [1.82, 2.24) is 4.98 Å². The van der Waals surface area contributed by atoms with Crippen LogP contribution < -0.4 is 5.43 Å². The number of nitrogens with one attached hydrogen (secondary N) is 1. The third-order valence-corrected chi connectivity index (χ3v) is 1.09. The summed E-state index contributed by atoms with van der Waals surface area (Å²) < 4.78 is 0. The fourth-order valence-corrected chi connectivity index (χ4v) is 0.603. The Hall–Kier alpha value is -1.38. The van der Waals surface area contributed by atoms with Crippen LogP contribution in [-0.4, -0.2) is 10.7 Å². The lowest BCUT2D eigenvalue weighted by Crippen LogP contribution is -1.92. The van der Waals surface area contributed by atoms with E-state index >= 15 is 0 Å². The van der Waals surface area contributed by atoms with Gasteiger partial charge in [-0.1, -0.05) is 0 Å². The Bertz CT molecular complexity index is 237. The highest BCUT2D eigenvalue weighted by Gasteiger charge is 1.84. The highest BCUT2D eigenvalue weighted by atomic mass is 15.3. The van der Waals surface area contributed by atoms with Gasteiger partial charge in [-0.15, -0.1) is 0 Å². The topological polar surface area (TPSA) is 37.3 Å². The minimum atomic E-state index is 0.959. The summed E-state index contributed by atoms with van der Waals surface area (Å²) in [4.78, 5) is 3.88. The van der Waals surface area contributed by atoms with Crippen molar-refractivity contribution in [3.05, 3.63) is 24.5 Å². The van der Waals surface area contributed by atoms with Crippen molar-refractivity contribution in [1.29, 1.82) is 0 Å². The molecule has 3 heteroatoms. The maximum atomic E-state index is 4.03. The van der Waals surface area contributed by atoms with E-state index in [2.05, 4.69) is 15.5 Å². The first-order chi connectivity index (χ1) is 5.29. The Morgan fingerprint density at radius 1 is 1.36 bits per heavy atom. The molecule has 1 aromatic rings. The molecule has 0 aliphatic heterocycles. The molecule has 58 valence electrons. The molecule has 0 bridgehead atoms. The highest BCUT2D eigenvalue weighted by molar-refractivity contribution is 5.79. The first kappa shape index (κ1) is 7.72. The molecule has 0 fully saturated rings. The van der Waals surface area contributed by atoms with E-state index in [1.165, 1.54) is 0 Å². The highest BCUT2D eigenvalue weighted by Crippen LogP contribution is 2.02. The molecule has 1 rings (SSSR count). The fraction of sp³-hybridized carbons (Fsp3) is 0.250. The molecule has 1 N–H and O–H groups in total. The van der Waals surface area contributed by atoms with E-state index in [9.17, 15) is 0 Å². The first-order valence-corrected chi connectivity index (χ1v) is 3.46. The second-order valence-electron chi connectivity index (χ2n) is 2.41. The second-order valence-corrected chi connectivity index (χ2v) is 2.41. The van der Waals surface area contributed by atoms with Gasteiger partial charge in [-0.25, -0.2) is 0 Å². The monoisotopic (exact) mass is 149 g/mol. The largest absolute Gasteiger partial charge is 0.278 e. The Morgan fingerprint density at radius 2 is 2.00 bits per heavy atom. The number of aromatic nitrogens is 1. The van der Waals surface area contributed by atoms with Crippen LogP contribution in [0.3, 0.4) is 0 Å². The minimum Gasteiger partial charge on any atom is -0.278 e. The van der Waals surface area contributed by atoms with E-state index < -0.39 is 0 Å². The van der Waals surface area contributed by atoms with Crippen LogP contribution in [0.5, 0.6) is 0 Å². The molecule has 0 amide bonds. The van der Waals surface area contributed by atoms with Crippen LogP contribution in [-0.2, 0) is 0 Å². The smallest absolute Gasteiger partial charge is 0.0592 e. The summed E-state index contributed by atoms with van der Waals surface area (Å²) in [5, 5.41) is 4.03. The van der Waals surface area contributed by atoms with Crippen LogP contribution in [0.25, 0.3) is 0 Å². The third kappa shape index (κ3) is 2.80. The number of hydrogen-bond donors (Lipinski definition) is 1. The van der Waals surface area contributed by atoms with Gasteiger partial charge in [0.2, 0.25) is 0 Å². The van der Waals surface area contributed by atoms with Gasteiger partial charge < -0.3 is 0 Å². The molecule has 0 aromatic carbocycles. The molecule has 3 nitrogen and oxygen atoms in total. The van der Waals surface area contributed by atoms with E-state index in [4.69, 9.17) is 0 Å². The van der Waals surface area contributed by atoms with Crippen molar-refractivity contribution in [2.45, 2.75) is 13.8 Å². The van der Waals surface area contributed by atoms with Crippen LogP contribution >= 0.6 is 0 Å². The number of pyridine rings is 1. The normalized spacial score (nSPS) is 8.91. The quantitative estimate of drug-likeness (QED) is 0.515. The van der Waals surface area contributed by atoms with Crippen molar-refractivity contribution >= 4 is 11.4 Å². The summed E-state index contributed by atoms with van der Waals surface area (Å²) in [5.41, 5.74) is 4.85. The Kier molecular flexibility index (Phi) is 2.60. The summed E-state index contributed by atoms with van der Waals surface area (Å²) in [7, 11) is 0. The molecule has 0 atom stereocenters. The lowest BCUT2D eigenvalue weighted by molar-refractivity contribution is 1.27. The van der Waals surface area contributed by atoms with Gasteiger partial charge in [-0.05, 0) is 26.0 Å². The number of anilines is 1. The van der Waals surface area contributed by atoms with Gasteiger partial charge in [-0.3, -0.25) is 10.4 Å². The minimum absolute atomic E-state index is 0.959. The van der Waals surface area contributed by atoms with Crippen LogP contribution in [0.2, 0.25) is 0 Å². The predicted molar refractivity (Wildman–Crippen MR) is 46.6 cm³/mol. The standard InChI is InChI=1S/C8H11N3/c1-7(2)10-11-8-3-5-9-6-4-8/h3-6H,1-2H3,(H,9,11). The zero-order valence-electron chi connectivity index (χ0n) is 6.70. The maximum absolute atomic E-state index is 4.03. The average molecular weight is 149 g/mol. The third-order valence-electron chi connectivity index (χ3n) is 1.09. The molecule has 1 aromatic heterocycles. The van der Waals surface area contributed by atoms with Crippen molar-refractivity contribution < 1.29 is 0 Å². The van der Waals surface area contributed by atoms with Crippen molar-refractivity contribution in [2.24, 2.45) is 5.10 Å². The lowest BCUT2D eigenvalue weighted by atomic mass is 10.4. The van der Waals surface area contributed by atoms with E-state index in [1.807, 2.05) is 26.0 Å². The van der Waals surface area contributed by atoms with Gasteiger partial charge in [0.1, 0.15) is 0 Å². The van der Waals surface area contributed by atoms with Crippen molar-refractivity contribution in [3.8, 4) is 0 Å². The van der Waals surface area contributed by atoms with Gasteiger partial charge in [0.15, 0.2) is 0 Å². The van der Waals surface area contributed by atoms with Gasteiger partial charge in [0.05, 0.1) is 5.69 Å². The summed E-state index contributed by atoms with van der Waals surface area (Å²) in [6, 6.07) is 3.74. The molecular weight excluding hydrogens is 138 g/mol. The van der Waals surface area contributed by atoms with Crippen LogP contribution in [0.1, 0.15) is 13.8 Å². The molecule has 0 spiro atoms. The Labute approximate surface area is 66.2 Å². The average Bonchev–Trinajstić information content (AvgIpc) is 2.03. The molecule has 0 radical (unpaired) electrons. The molecule has 0 saturated carbocycles. The number of rotatable bonds is 2. The van der Waals surface area contributed by atoms with Gasteiger partial charge in [0.25, 0.3) is 0 Å². The predicted octanol–water partition coefficient (Wildman–Crippen LogP) is 1.89. The molecule has 11 heavy (non-hydrogen) atoms. The Morgan fingerprint density at radius 3 is 2.55 bits per heavy atom. The van der Waals surface area contributed by atoms with Gasteiger partial charge >= 0.3 is 0 Å². The molecule has 0 saturated heterocycles. The number of hydrazone groups is 1. The Balaban J connectivity index is 2.59. The van der Waals surface area contributed by atoms with Crippen LogP contribution in [0.4, 0.5) is 5.69 Å². The molecular formula is C8H11N3. The van der Waals surface area contributed by atoms with Gasteiger partial charge in [0, 0.05) is 18.1 Å². The SMILES string of the molecule is CC(C)=NNc1ccncc1. The second kappa shape index (κ2) is 3.71. The summed E-state index contributed by atoms with van der Waals surface area (Å²) in [5.74, 6) is 0. The number of nitrogens with zero attached hydrogens (tertiary/aromatic N) is 2. The fourth-order valence-electron chi connectivity index (χ4n) is 0.603. The van der Waals surface area contributed by atoms with Crippen molar-refractivity contribution in [3.63, 3.8) is 0 Å². The molecule has 0 aliphatic rings. The van der Waals surface area contributed by atoms with Crippen molar-refractivity contribution in [2.75, 3.05) is 5.43 Å². The number of hydrogen-bond acceptors (Lipinski definition) is 3. The van der Waals surface area contributed by atoms with E-state index in [0.717, 1.165) is 11.4 Å². The molecule has 0 aliphatic carbocycles. The van der Waals surface area contributed by atoms with E-state index in [-0.39, 0.29) is 0 Å². The van der Waals surface area contributed by atoms with Crippen LogP contribution in [0, 0.1) is 0 Å². The maximum Gasteiger partial charge on any atom is 0.0592 e. The van der Waals surface area contributed by atoms with Crippen LogP contribution in [0.15, 0.2) is 29.6 Å². The summed E-state index contributed by atoms with van der Waals surface area (Å²) in [6.07, 6.45) is 3.45. The molecule has 0 unspecified atom stereocenters. The summed E-state index contributed by atoms with van der Waals surface area (Å²) >= 11 is 0. The van der Waals surface area contributed by atoms with E-state index in [0.29, 0.717) is 0 Å². The first-order valence-electron chi connectivity index (χ1n) is 3.46. The van der Waals surface area contributed by atoms with E-state index in [1.54, 1.807) is 12.4 Å². The lowest BCUT2D eigenvalue weighted by Gasteiger charge is -1.97. The summed E-state index contributed by atoms with van der Waals surface area (Å²) in [6.45, 7) is 3.88. The molecule has 1 heterocycles. The zero-order chi connectivity index (χ0) is 8.10.